The molecule has 0 fully saturated rings. The highest BCUT2D eigenvalue weighted by Crippen LogP contribution is 2.49. The zero-order chi connectivity index (χ0) is 15.0. The van der Waals surface area contributed by atoms with Gasteiger partial charge in [-0.25, -0.2) is 0 Å². The zero-order valence-electron chi connectivity index (χ0n) is 13.9. The van der Waals surface area contributed by atoms with Crippen molar-refractivity contribution in [3.8, 4) is 0 Å². The molecule has 0 saturated carbocycles. The van der Waals surface area contributed by atoms with Crippen molar-refractivity contribution in [1.82, 2.24) is 5.06 Å². The Morgan fingerprint density at radius 2 is 1.40 bits per heavy atom. The minimum Gasteiger partial charge on any atom is -0.297 e. The number of hydrogen-bond acceptors (Lipinski definition) is 2. The standard InChI is InChI=1S/C18H29NO/c1-7-14(8-2)13-20-19-17(3,4)15-11-9-10-12-16(15)18(19,5)6/h9-12,14H,7-8,13H2,1-6H3. The Morgan fingerprint density at radius 1 is 0.950 bits per heavy atom. The van der Waals surface area contributed by atoms with Gasteiger partial charge in [0.1, 0.15) is 0 Å². The molecule has 0 radical (unpaired) electrons. The summed E-state index contributed by atoms with van der Waals surface area (Å²) in [5.41, 5.74) is 2.61. The van der Waals surface area contributed by atoms with Crippen molar-refractivity contribution in [3.63, 3.8) is 0 Å². The topological polar surface area (TPSA) is 12.5 Å². The summed E-state index contributed by atoms with van der Waals surface area (Å²) in [5, 5.41) is 2.21. The summed E-state index contributed by atoms with van der Waals surface area (Å²) in [6.07, 6.45) is 2.36. The largest absolute Gasteiger partial charge is 0.297 e. The first-order valence-corrected chi connectivity index (χ1v) is 7.88. The maximum absolute atomic E-state index is 6.29. The van der Waals surface area contributed by atoms with E-state index in [4.69, 9.17) is 4.84 Å². The molecule has 0 spiro atoms. The van der Waals surface area contributed by atoms with Gasteiger partial charge in [0.15, 0.2) is 0 Å². The molecule has 2 rings (SSSR count). The van der Waals surface area contributed by atoms with Crippen LogP contribution < -0.4 is 0 Å². The van der Waals surface area contributed by atoms with Gasteiger partial charge in [-0.2, -0.15) is 5.06 Å². The Kier molecular flexibility index (Phi) is 4.27. The first-order chi connectivity index (χ1) is 9.35. The Morgan fingerprint density at radius 3 is 1.80 bits per heavy atom. The van der Waals surface area contributed by atoms with E-state index in [0.29, 0.717) is 5.92 Å². The number of fused-ring (bicyclic) bond motifs is 1. The Labute approximate surface area is 124 Å². The molecule has 0 unspecified atom stereocenters. The molecule has 1 aliphatic rings. The average Bonchev–Trinajstić information content (AvgIpc) is 2.57. The van der Waals surface area contributed by atoms with Crippen molar-refractivity contribution < 1.29 is 4.84 Å². The van der Waals surface area contributed by atoms with Crippen molar-refractivity contribution in [2.45, 2.75) is 65.5 Å². The van der Waals surface area contributed by atoms with Crippen LogP contribution in [0.5, 0.6) is 0 Å². The van der Waals surface area contributed by atoms with E-state index in [0.717, 1.165) is 6.61 Å². The summed E-state index contributed by atoms with van der Waals surface area (Å²) in [4.78, 5) is 6.29. The second-order valence-corrected chi connectivity index (χ2v) is 6.94. The third-order valence-electron chi connectivity index (χ3n) is 4.85. The van der Waals surface area contributed by atoms with E-state index >= 15 is 0 Å². The predicted molar refractivity (Wildman–Crippen MR) is 84.4 cm³/mol. The highest BCUT2D eigenvalue weighted by molar-refractivity contribution is 5.42. The second-order valence-electron chi connectivity index (χ2n) is 6.94. The summed E-state index contributed by atoms with van der Waals surface area (Å²) < 4.78 is 0. The molecule has 1 aliphatic heterocycles. The number of rotatable bonds is 5. The number of hydrogen-bond donors (Lipinski definition) is 0. The lowest BCUT2D eigenvalue weighted by Gasteiger charge is -2.40. The van der Waals surface area contributed by atoms with Crippen molar-refractivity contribution in [2.24, 2.45) is 5.92 Å². The quantitative estimate of drug-likeness (QED) is 0.762. The molecule has 2 nitrogen and oxygen atoms in total. The lowest BCUT2D eigenvalue weighted by Crippen LogP contribution is -2.46. The molecule has 0 aliphatic carbocycles. The zero-order valence-corrected chi connectivity index (χ0v) is 13.9. The molecular weight excluding hydrogens is 246 g/mol. The third kappa shape index (κ3) is 2.40. The fourth-order valence-corrected chi connectivity index (χ4v) is 3.49. The van der Waals surface area contributed by atoms with Gasteiger partial charge in [0.2, 0.25) is 0 Å². The summed E-state index contributed by atoms with van der Waals surface area (Å²) in [6, 6.07) is 8.72. The van der Waals surface area contributed by atoms with Crippen molar-refractivity contribution in [1.29, 1.82) is 0 Å². The van der Waals surface area contributed by atoms with Crippen LogP contribution in [0.1, 0.15) is 65.5 Å². The molecule has 0 atom stereocenters. The van der Waals surface area contributed by atoms with Gasteiger partial charge in [0, 0.05) is 0 Å². The van der Waals surface area contributed by atoms with Gasteiger partial charge in [0.25, 0.3) is 0 Å². The second kappa shape index (κ2) is 5.50. The van der Waals surface area contributed by atoms with Crippen LogP contribution in [-0.2, 0) is 15.9 Å². The van der Waals surface area contributed by atoms with Crippen LogP contribution >= 0.6 is 0 Å². The molecular formula is C18H29NO. The maximum atomic E-state index is 6.29. The van der Waals surface area contributed by atoms with Crippen LogP contribution in [0, 0.1) is 5.92 Å². The van der Waals surface area contributed by atoms with Crippen LogP contribution in [0.4, 0.5) is 0 Å². The van der Waals surface area contributed by atoms with Crippen molar-refractivity contribution in [3.05, 3.63) is 35.4 Å². The van der Waals surface area contributed by atoms with Crippen molar-refractivity contribution in [2.75, 3.05) is 6.61 Å². The van der Waals surface area contributed by atoms with Gasteiger partial charge in [0.05, 0.1) is 17.7 Å². The monoisotopic (exact) mass is 275 g/mol. The fraction of sp³-hybridized carbons (Fsp3) is 0.667. The van der Waals surface area contributed by atoms with E-state index in [1.54, 1.807) is 0 Å². The number of hydroxylamine groups is 2. The Bertz CT molecular complexity index is 425. The highest BCUT2D eigenvalue weighted by atomic mass is 16.7. The van der Waals surface area contributed by atoms with E-state index in [2.05, 4.69) is 70.9 Å². The smallest absolute Gasteiger partial charge is 0.0713 e. The predicted octanol–water partition coefficient (Wildman–Crippen LogP) is 4.84. The summed E-state index contributed by atoms with van der Waals surface area (Å²) >= 11 is 0. The lowest BCUT2D eigenvalue weighted by atomic mass is 9.91. The molecule has 0 N–H and O–H groups in total. The Hall–Kier alpha value is -0.860. The van der Waals surface area contributed by atoms with Crippen LogP contribution in [0.3, 0.4) is 0 Å². The third-order valence-corrected chi connectivity index (χ3v) is 4.85. The summed E-state index contributed by atoms with van der Waals surface area (Å²) in [6.45, 7) is 14.3. The van der Waals surface area contributed by atoms with Crippen LogP contribution in [0.2, 0.25) is 0 Å². The van der Waals surface area contributed by atoms with Gasteiger partial charge >= 0.3 is 0 Å². The Balaban J connectivity index is 2.26. The molecule has 1 heterocycles. The molecule has 112 valence electrons. The van der Waals surface area contributed by atoms with Gasteiger partial charge in [-0.1, -0.05) is 51.0 Å². The first-order valence-electron chi connectivity index (χ1n) is 7.88. The van der Waals surface area contributed by atoms with E-state index in [1.165, 1.54) is 24.0 Å². The molecule has 0 saturated heterocycles. The van der Waals surface area contributed by atoms with E-state index < -0.39 is 0 Å². The molecule has 20 heavy (non-hydrogen) atoms. The van der Waals surface area contributed by atoms with Crippen LogP contribution in [0.25, 0.3) is 0 Å². The summed E-state index contributed by atoms with van der Waals surface area (Å²) in [5.74, 6) is 0.644. The van der Waals surface area contributed by atoms with Gasteiger partial charge in [-0.3, -0.25) is 4.84 Å². The van der Waals surface area contributed by atoms with E-state index in [-0.39, 0.29) is 11.1 Å². The first kappa shape index (κ1) is 15.5. The maximum Gasteiger partial charge on any atom is 0.0713 e. The van der Waals surface area contributed by atoms with Crippen molar-refractivity contribution >= 4 is 0 Å². The normalized spacial score (nSPS) is 20.4. The molecule has 1 aromatic carbocycles. The molecule has 0 bridgehead atoms. The van der Waals surface area contributed by atoms with Gasteiger partial charge in [-0.05, 0) is 44.7 Å². The van der Waals surface area contributed by atoms with Gasteiger partial charge < -0.3 is 0 Å². The van der Waals surface area contributed by atoms with E-state index in [9.17, 15) is 0 Å². The molecule has 0 amide bonds. The summed E-state index contributed by atoms with van der Waals surface area (Å²) in [7, 11) is 0. The average molecular weight is 275 g/mol. The number of benzene rings is 1. The van der Waals surface area contributed by atoms with Crippen LogP contribution in [-0.4, -0.2) is 11.7 Å². The van der Waals surface area contributed by atoms with Gasteiger partial charge in [-0.15, -0.1) is 0 Å². The minimum atomic E-state index is -0.0773. The number of nitrogens with zero attached hydrogens (tertiary/aromatic N) is 1. The highest BCUT2D eigenvalue weighted by Gasteiger charge is 2.50. The fourth-order valence-electron chi connectivity index (χ4n) is 3.49. The van der Waals surface area contributed by atoms with E-state index in [1.807, 2.05) is 0 Å². The molecule has 2 heteroatoms. The SMILES string of the molecule is CCC(CC)CON1C(C)(C)c2ccccc2C1(C)C. The lowest BCUT2D eigenvalue weighted by molar-refractivity contribution is -0.267. The molecule has 0 aromatic heterocycles. The minimum absolute atomic E-state index is 0.0773. The van der Waals surface area contributed by atoms with Crippen LogP contribution in [0.15, 0.2) is 24.3 Å². The molecule has 1 aromatic rings.